The zero-order valence-electron chi connectivity index (χ0n) is 9.03. The van der Waals surface area contributed by atoms with E-state index in [1.54, 1.807) is 0 Å². The first kappa shape index (κ1) is 10.8. The van der Waals surface area contributed by atoms with Gasteiger partial charge in [-0.05, 0) is 37.8 Å². The summed E-state index contributed by atoms with van der Waals surface area (Å²) in [5.74, 6) is 0. The zero-order valence-corrected chi connectivity index (χ0v) is 9.03. The smallest absolute Gasteiger partial charge is 0.0231 e. The van der Waals surface area contributed by atoms with Crippen LogP contribution in [0.1, 0.15) is 32.3 Å². The fraction of sp³-hybridized carbons (Fsp3) is 0.286. The number of unbranched alkanes of at least 4 members (excludes halogenated alkanes) is 1. The topological polar surface area (TPSA) is 0 Å². The molecule has 1 aromatic rings. The minimum Gasteiger partial charge on any atom is -0.0917 e. The molecular formula is C14H18. The minimum absolute atomic E-state index is 1.13. The molecule has 0 bridgehead atoms. The number of hydrogen-bond acceptors (Lipinski definition) is 0. The summed E-state index contributed by atoms with van der Waals surface area (Å²) in [4.78, 5) is 0. The first-order chi connectivity index (χ1) is 6.84. The van der Waals surface area contributed by atoms with Crippen LogP contribution in [-0.2, 0) is 0 Å². The van der Waals surface area contributed by atoms with Gasteiger partial charge in [-0.1, -0.05) is 48.6 Å². The van der Waals surface area contributed by atoms with Gasteiger partial charge in [0.05, 0.1) is 0 Å². The Bertz CT molecular complexity index is 304. The van der Waals surface area contributed by atoms with Crippen LogP contribution < -0.4 is 0 Å². The van der Waals surface area contributed by atoms with Crippen molar-refractivity contribution in [2.45, 2.75) is 26.7 Å². The number of rotatable bonds is 4. The molecule has 0 radical (unpaired) electrons. The highest BCUT2D eigenvalue weighted by Gasteiger charge is 1.91. The summed E-state index contributed by atoms with van der Waals surface area (Å²) in [5.41, 5.74) is 2.70. The molecule has 74 valence electrons. The van der Waals surface area contributed by atoms with E-state index in [-0.39, 0.29) is 0 Å². The van der Waals surface area contributed by atoms with E-state index in [0.717, 1.165) is 12.8 Å². The van der Waals surface area contributed by atoms with Crippen LogP contribution in [0.4, 0.5) is 0 Å². The fourth-order valence-electron chi connectivity index (χ4n) is 1.38. The molecule has 0 aliphatic carbocycles. The highest BCUT2D eigenvalue weighted by Crippen LogP contribution is 2.13. The van der Waals surface area contributed by atoms with E-state index in [9.17, 15) is 0 Å². The van der Waals surface area contributed by atoms with Crippen LogP contribution in [0.15, 0.2) is 48.6 Å². The van der Waals surface area contributed by atoms with Crippen LogP contribution in [0.3, 0.4) is 0 Å². The highest BCUT2D eigenvalue weighted by molar-refractivity contribution is 5.63. The van der Waals surface area contributed by atoms with Gasteiger partial charge in [0.1, 0.15) is 0 Å². The second kappa shape index (κ2) is 6.20. The molecule has 0 amide bonds. The lowest BCUT2D eigenvalue weighted by Gasteiger charge is -1.99. The summed E-state index contributed by atoms with van der Waals surface area (Å²) in [6, 6.07) is 10.5. The quantitative estimate of drug-likeness (QED) is 0.481. The van der Waals surface area contributed by atoms with Crippen molar-refractivity contribution in [3.8, 4) is 0 Å². The van der Waals surface area contributed by atoms with Crippen LogP contribution in [0.5, 0.6) is 0 Å². The second-order valence-corrected chi connectivity index (χ2v) is 3.40. The summed E-state index contributed by atoms with van der Waals surface area (Å²) in [5, 5.41) is 0. The molecule has 1 rings (SSSR count). The Morgan fingerprint density at radius 2 is 1.86 bits per heavy atom. The van der Waals surface area contributed by atoms with E-state index < -0.39 is 0 Å². The van der Waals surface area contributed by atoms with Gasteiger partial charge < -0.3 is 0 Å². The lowest BCUT2D eigenvalue weighted by atomic mass is 10.1. The second-order valence-electron chi connectivity index (χ2n) is 3.40. The Kier molecular flexibility index (Phi) is 4.77. The van der Waals surface area contributed by atoms with Crippen molar-refractivity contribution in [2.24, 2.45) is 0 Å². The average molecular weight is 186 g/mol. The standard InChI is InChI=1S/C14H18/c1-3-4-5-7-10-13(2)14-11-8-6-9-12-14/h3-4,6,8-12H,5,7H2,1-2H3/b4-3-,13-10+. The third kappa shape index (κ3) is 3.61. The van der Waals surface area contributed by atoms with E-state index in [2.05, 4.69) is 62.4 Å². The van der Waals surface area contributed by atoms with Crippen molar-refractivity contribution in [1.29, 1.82) is 0 Å². The van der Waals surface area contributed by atoms with Crippen LogP contribution in [0.25, 0.3) is 5.57 Å². The molecule has 0 atom stereocenters. The maximum atomic E-state index is 2.30. The Labute approximate surface area is 87.0 Å². The maximum absolute atomic E-state index is 2.30. The first-order valence-electron chi connectivity index (χ1n) is 5.18. The van der Waals surface area contributed by atoms with Gasteiger partial charge in [0.25, 0.3) is 0 Å². The SMILES string of the molecule is C/C=C\CC/C=C(\C)c1ccccc1. The monoisotopic (exact) mass is 186 g/mol. The van der Waals surface area contributed by atoms with E-state index in [0.29, 0.717) is 0 Å². The largest absolute Gasteiger partial charge is 0.0917 e. The zero-order chi connectivity index (χ0) is 10.2. The van der Waals surface area contributed by atoms with Crippen LogP contribution in [-0.4, -0.2) is 0 Å². The molecule has 0 unspecified atom stereocenters. The Morgan fingerprint density at radius 3 is 2.50 bits per heavy atom. The van der Waals surface area contributed by atoms with Gasteiger partial charge in [0.15, 0.2) is 0 Å². The summed E-state index contributed by atoms with van der Waals surface area (Å²) < 4.78 is 0. The summed E-state index contributed by atoms with van der Waals surface area (Å²) in [6.45, 7) is 4.23. The van der Waals surface area contributed by atoms with Gasteiger partial charge in [-0.15, -0.1) is 0 Å². The third-order valence-corrected chi connectivity index (χ3v) is 2.25. The molecule has 0 aliphatic rings. The first-order valence-corrected chi connectivity index (χ1v) is 5.18. The summed E-state index contributed by atoms with van der Waals surface area (Å²) in [6.07, 6.45) is 8.88. The lowest BCUT2D eigenvalue weighted by Crippen LogP contribution is -1.77. The van der Waals surface area contributed by atoms with Gasteiger partial charge in [-0.25, -0.2) is 0 Å². The molecule has 0 saturated heterocycles. The fourth-order valence-corrected chi connectivity index (χ4v) is 1.38. The van der Waals surface area contributed by atoms with E-state index >= 15 is 0 Å². The molecular weight excluding hydrogens is 168 g/mol. The van der Waals surface area contributed by atoms with Gasteiger partial charge in [-0.2, -0.15) is 0 Å². The van der Waals surface area contributed by atoms with Crippen LogP contribution in [0.2, 0.25) is 0 Å². The van der Waals surface area contributed by atoms with Crippen molar-refractivity contribution < 1.29 is 0 Å². The predicted molar refractivity (Wildman–Crippen MR) is 64.1 cm³/mol. The highest BCUT2D eigenvalue weighted by atomic mass is 14.0. The maximum Gasteiger partial charge on any atom is -0.0231 e. The minimum atomic E-state index is 1.13. The van der Waals surface area contributed by atoms with Crippen molar-refractivity contribution in [1.82, 2.24) is 0 Å². The number of benzene rings is 1. The van der Waals surface area contributed by atoms with E-state index in [1.165, 1.54) is 11.1 Å². The molecule has 14 heavy (non-hydrogen) atoms. The summed E-state index contributed by atoms with van der Waals surface area (Å²) in [7, 11) is 0. The Balaban J connectivity index is 2.52. The van der Waals surface area contributed by atoms with Crippen molar-refractivity contribution in [2.75, 3.05) is 0 Å². The number of allylic oxidation sites excluding steroid dienone is 4. The third-order valence-electron chi connectivity index (χ3n) is 2.25. The van der Waals surface area contributed by atoms with Crippen molar-refractivity contribution in [3.05, 3.63) is 54.1 Å². The molecule has 1 aromatic carbocycles. The predicted octanol–water partition coefficient (Wildman–Crippen LogP) is 4.45. The van der Waals surface area contributed by atoms with Gasteiger partial charge in [-0.3, -0.25) is 0 Å². The Morgan fingerprint density at radius 1 is 1.14 bits per heavy atom. The lowest BCUT2D eigenvalue weighted by molar-refractivity contribution is 1.05. The molecule has 0 spiro atoms. The normalized spacial score (nSPS) is 12.3. The molecule has 0 N–H and O–H groups in total. The van der Waals surface area contributed by atoms with Gasteiger partial charge in [0.2, 0.25) is 0 Å². The Hall–Kier alpha value is -1.30. The summed E-state index contributed by atoms with van der Waals surface area (Å²) >= 11 is 0. The molecule has 0 heterocycles. The van der Waals surface area contributed by atoms with Crippen LogP contribution in [0, 0.1) is 0 Å². The molecule has 0 heteroatoms. The van der Waals surface area contributed by atoms with E-state index in [1.807, 2.05) is 0 Å². The average Bonchev–Trinajstić information content (AvgIpc) is 2.25. The van der Waals surface area contributed by atoms with Gasteiger partial charge in [0, 0.05) is 0 Å². The number of hydrogen-bond donors (Lipinski definition) is 0. The molecule has 0 saturated carbocycles. The van der Waals surface area contributed by atoms with Crippen LogP contribution >= 0.6 is 0 Å². The molecule has 0 aliphatic heterocycles. The molecule has 0 nitrogen and oxygen atoms in total. The molecule has 0 aromatic heterocycles. The van der Waals surface area contributed by atoms with Crippen molar-refractivity contribution in [3.63, 3.8) is 0 Å². The molecule has 0 fully saturated rings. The van der Waals surface area contributed by atoms with Gasteiger partial charge >= 0.3 is 0 Å². The van der Waals surface area contributed by atoms with Crippen molar-refractivity contribution >= 4 is 5.57 Å². The van der Waals surface area contributed by atoms with E-state index in [4.69, 9.17) is 0 Å².